The van der Waals surface area contributed by atoms with E-state index in [0.29, 0.717) is 17.3 Å². The van der Waals surface area contributed by atoms with Crippen LogP contribution in [0.15, 0.2) is 72.3 Å². The molecule has 6 rings (SSSR count). The van der Waals surface area contributed by atoms with Gasteiger partial charge in [0.15, 0.2) is 0 Å². The summed E-state index contributed by atoms with van der Waals surface area (Å²) in [6, 6.07) is 19.6. The second-order valence-corrected chi connectivity index (χ2v) is 11.9. The number of amides is 2. The lowest BCUT2D eigenvalue weighted by Gasteiger charge is -2.58. The topological polar surface area (TPSA) is 61.4 Å². The van der Waals surface area contributed by atoms with Crippen LogP contribution in [0.4, 0.5) is 11.4 Å². The van der Waals surface area contributed by atoms with Crippen LogP contribution in [0.5, 0.6) is 0 Å². The zero-order valence-corrected chi connectivity index (χ0v) is 21.4. The first-order valence-electron chi connectivity index (χ1n) is 13.6. The Hall–Kier alpha value is -3.08. The Labute approximate surface area is 214 Å². The summed E-state index contributed by atoms with van der Waals surface area (Å²) in [5.41, 5.74) is 5.25. The first-order chi connectivity index (χ1) is 17.4. The van der Waals surface area contributed by atoms with Crippen molar-refractivity contribution in [2.24, 2.45) is 28.6 Å². The second kappa shape index (κ2) is 8.79. The quantitative estimate of drug-likeness (QED) is 0.420. The summed E-state index contributed by atoms with van der Waals surface area (Å²) in [6.07, 6.45) is 10.7. The highest BCUT2D eigenvalue weighted by Crippen LogP contribution is 2.63. The molecule has 1 heterocycles. The van der Waals surface area contributed by atoms with Crippen LogP contribution in [0.2, 0.25) is 0 Å². The van der Waals surface area contributed by atoms with Crippen LogP contribution >= 0.6 is 0 Å². The summed E-state index contributed by atoms with van der Waals surface area (Å²) >= 11 is 0. The highest BCUT2D eigenvalue weighted by Gasteiger charge is 2.58. The SMILES string of the molecule is C[C@@]12CCC[C@H]1[C@@H]1CCC3NC(=O)C(C(=O)NN(c4ccccc4)c4ccccc4)=C[C@]3(C)[C@@H]1CC2. The molecule has 0 bridgehead atoms. The number of hydrazine groups is 1. The Morgan fingerprint density at radius 1 is 0.889 bits per heavy atom. The molecule has 5 nitrogen and oxygen atoms in total. The monoisotopic (exact) mass is 483 g/mol. The van der Waals surface area contributed by atoms with Gasteiger partial charge in [0.05, 0.1) is 11.4 Å². The number of nitrogens with one attached hydrogen (secondary N) is 2. The van der Waals surface area contributed by atoms with Crippen molar-refractivity contribution in [1.29, 1.82) is 0 Å². The summed E-state index contributed by atoms with van der Waals surface area (Å²) in [7, 11) is 0. The van der Waals surface area contributed by atoms with E-state index in [1.807, 2.05) is 60.7 Å². The Kier molecular flexibility index (Phi) is 5.70. The molecule has 2 amide bonds. The number of carbonyl (C=O) groups is 2. The lowest BCUT2D eigenvalue weighted by molar-refractivity contribution is -0.128. The summed E-state index contributed by atoms with van der Waals surface area (Å²) in [6.45, 7) is 4.80. The average Bonchev–Trinajstić information content (AvgIpc) is 3.30. The molecule has 1 unspecified atom stereocenters. The van der Waals surface area contributed by atoms with E-state index in [9.17, 15) is 9.59 Å². The van der Waals surface area contributed by atoms with E-state index in [2.05, 4.69) is 30.7 Å². The molecule has 2 aromatic rings. The summed E-state index contributed by atoms with van der Waals surface area (Å²) in [5, 5.41) is 5.02. The maximum Gasteiger partial charge on any atom is 0.275 e. The van der Waals surface area contributed by atoms with Gasteiger partial charge >= 0.3 is 0 Å². The van der Waals surface area contributed by atoms with Crippen LogP contribution in [-0.4, -0.2) is 17.9 Å². The first kappa shape index (κ1) is 23.3. The summed E-state index contributed by atoms with van der Waals surface area (Å²) < 4.78 is 0. The third kappa shape index (κ3) is 3.75. The minimum atomic E-state index is -0.358. The molecule has 2 N–H and O–H groups in total. The van der Waals surface area contributed by atoms with E-state index < -0.39 is 0 Å². The molecule has 3 aliphatic carbocycles. The molecule has 4 aliphatic rings. The minimum Gasteiger partial charge on any atom is -0.348 e. The Bertz CT molecular complexity index is 1140. The van der Waals surface area contributed by atoms with E-state index >= 15 is 0 Å². The van der Waals surface area contributed by atoms with Gasteiger partial charge in [-0.15, -0.1) is 0 Å². The van der Waals surface area contributed by atoms with Crippen molar-refractivity contribution in [2.75, 3.05) is 5.01 Å². The molecule has 3 saturated carbocycles. The van der Waals surface area contributed by atoms with Gasteiger partial charge in [-0.2, -0.15) is 0 Å². The molecule has 6 atom stereocenters. The first-order valence-corrected chi connectivity index (χ1v) is 13.6. The number of benzene rings is 2. The predicted molar refractivity (Wildman–Crippen MR) is 142 cm³/mol. The van der Waals surface area contributed by atoms with E-state index in [-0.39, 0.29) is 28.8 Å². The molecule has 0 aromatic heterocycles. The van der Waals surface area contributed by atoms with Crippen molar-refractivity contribution in [3.63, 3.8) is 0 Å². The van der Waals surface area contributed by atoms with Crippen LogP contribution in [0.3, 0.4) is 0 Å². The largest absolute Gasteiger partial charge is 0.348 e. The van der Waals surface area contributed by atoms with Gasteiger partial charge in [0.25, 0.3) is 11.8 Å². The average molecular weight is 484 g/mol. The smallest absolute Gasteiger partial charge is 0.275 e. The van der Waals surface area contributed by atoms with E-state index in [4.69, 9.17) is 0 Å². The third-order valence-electron chi connectivity index (χ3n) is 10.0. The maximum absolute atomic E-state index is 13.7. The number of nitrogens with zero attached hydrogens (tertiary/aromatic N) is 1. The number of para-hydroxylation sites is 2. The van der Waals surface area contributed by atoms with Crippen molar-refractivity contribution in [2.45, 2.75) is 64.8 Å². The molecular formula is C31H37N3O2. The number of fused-ring (bicyclic) bond motifs is 5. The molecule has 36 heavy (non-hydrogen) atoms. The minimum absolute atomic E-state index is 0.105. The Morgan fingerprint density at radius 3 is 2.22 bits per heavy atom. The highest BCUT2D eigenvalue weighted by atomic mass is 16.2. The molecule has 3 fully saturated rings. The van der Waals surface area contributed by atoms with Crippen molar-refractivity contribution >= 4 is 23.2 Å². The van der Waals surface area contributed by atoms with Gasteiger partial charge in [-0.3, -0.25) is 20.0 Å². The molecule has 5 heteroatoms. The highest BCUT2D eigenvalue weighted by molar-refractivity contribution is 6.19. The number of hydrogen-bond acceptors (Lipinski definition) is 3. The van der Waals surface area contributed by atoms with Gasteiger partial charge in [-0.05, 0) is 86.0 Å². The van der Waals surface area contributed by atoms with Crippen molar-refractivity contribution in [1.82, 2.24) is 10.7 Å². The van der Waals surface area contributed by atoms with Gasteiger partial charge < -0.3 is 5.32 Å². The van der Waals surface area contributed by atoms with E-state index in [1.54, 1.807) is 5.01 Å². The molecule has 0 saturated heterocycles. The van der Waals surface area contributed by atoms with Crippen molar-refractivity contribution in [3.8, 4) is 0 Å². The van der Waals surface area contributed by atoms with Gasteiger partial charge in [-0.1, -0.05) is 62.7 Å². The lowest BCUT2D eigenvalue weighted by atomic mass is 9.48. The zero-order valence-electron chi connectivity index (χ0n) is 21.4. The van der Waals surface area contributed by atoms with Crippen molar-refractivity contribution in [3.05, 3.63) is 72.3 Å². The van der Waals surface area contributed by atoms with Crippen molar-refractivity contribution < 1.29 is 9.59 Å². The van der Waals surface area contributed by atoms with Gasteiger partial charge in [0.2, 0.25) is 0 Å². The predicted octanol–water partition coefficient (Wildman–Crippen LogP) is 5.91. The fraction of sp³-hybridized carbons (Fsp3) is 0.484. The van der Waals surface area contributed by atoms with Crippen LogP contribution in [0, 0.1) is 28.6 Å². The maximum atomic E-state index is 13.7. The fourth-order valence-corrected chi connectivity index (χ4v) is 8.19. The van der Waals surface area contributed by atoms with Gasteiger partial charge in [-0.25, -0.2) is 0 Å². The number of hydrogen-bond donors (Lipinski definition) is 2. The van der Waals surface area contributed by atoms with Crippen LogP contribution in [0.25, 0.3) is 0 Å². The Morgan fingerprint density at radius 2 is 1.56 bits per heavy atom. The second-order valence-electron chi connectivity index (χ2n) is 11.9. The third-order valence-corrected chi connectivity index (χ3v) is 10.0. The van der Waals surface area contributed by atoms with Crippen LogP contribution in [-0.2, 0) is 9.59 Å². The normalized spacial score (nSPS) is 34.9. The van der Waals surface area contributed by atoms with Gasteiger partial charge in [0, 0.05) is 11.5 Å². The number of anilines is 2. The van der Waals surface area contributed by atoms with Crippen LogP contribution < -0.4 is 15.8 Å². The fourth-order valence-electron chi connectivity index (χ4n) is 8.19. The molecule has 188 valence electrons. The number of carbonyl (C=O) groups excluding carboxylic acids is 2. The molecule has 1 aliphatic heterocycles. The Balaban J connectivity index is 1.31. The molecule has 2 aromatic carbocycles. The lowest BCUT2D eigenvalue weighted by Crippen LogP contribution is -2.61. The molecular weight excluding hydrogens is 446 g/mol. The summed E-state index contributed by atoms with van der Waals surface area (Å²) in [5.74, 6) is 1.37. The number of rotatable bonds is 4. The molecule has 0 spiro atoms. The van der Waals surface area contributed by atoms with E-state index in [0.717, 1.165) is 23.7 Å². The standard InChI is InChI=1S/C31H37N3O2/c1-30-18-9-14-25(30)23-15-16-27-31(2,26(23)17-19-30)20-24(28(35)32-27)29(36)33-34(21-10-5-3-6-11-21)22-12-7-4-8-13-22/h3-8,10-13,20,23,25-27H,9,14-19H2,1-2H3,(H,32,35)(H,33,36)/t23-,25-,26+,27?,30-,31+/m0/s1. The van der Waals surface area contributed by atoms with Crippen LogP contribution in [0.1, 0.15) is 58.8 Å². The van der Waals surface area contributed by atoms with Gasteiger partial charge in [0.1, 0.15) is 5.57 Å². The molecule has 0 radical (unpaired) electrons. The van der Waals surface area contributed by atoms with E-state index in [1.165, 1.54) is 38.5 Å². The zero-order chi connectivity index (χ0) is 24.9. The summed E-state index contributed by atoms with van der Waals surface area (Å²) in [4.78, 5) is 26.9.